The van der Waals surface area contributed by atoms with Crippen LogP contribution in [0.5, 0.6) is 5.75 Å². The van der Waals surface area contributed by atoms with Crippen LogP contribution in [0.3, 0.4) is 0 Å². The third-order valence-electron chi connectivity index (χ3n) is 10.9. The van der Waals surface area contributed by atoms with Gasteiger partial charge in [0.25, 0.3) is 0 Å². The molecule has 5 aliphatic heterocycles. The summed E-state index contributed by atoms with van der Waals surface area (Å²) in [5.74, 6) is 2.90. The highest BCUT2D eigenvalue weighted by Crippen LogP contribution is 2.55. The minimum atomic E-state index is -0.804. The summed E-state index contributed by atoms with van der Waals surface area (Å²) in [6, 6.07) is 33.0. The second-order valence-electron chi connectivity index (χ2n) is 13.9. The lowest BCUT2D eigenvalue weighted by Crippen LogP contribution is -2.34. The van der Waals surface area contributed by atoms with E-state index in [1.807, 2.05) is 23.5 Å². The molecule has 4 aromatic carbocycles. The summed E-state index contributed by atoms with van der Waals surface area (Å²) in [5, 5.41) is 11.6. The minimum Gasteiger partial charge on any atom is -0.492 e. The first-order valence-corrected chi connectivity index (χ1v) is 20.2. The Balaban J connectivity index is 1.22. The van der Waals surface area contributed by atoms with Crippen molar-refractivity contribution in [1.82, 2.24) is 4.58 Å². The maximum Gasteiger partial charge on any atom is 0.303 e. The van der Waals surface area contributed by atoms with E-state index in [0.29, 0.717) is 13.0 Å². The number of hydrogen-bond donors (Lipinski definition) is 1. The van der Waals surface area contributed by atoms with Crippen molar-refractivity contribution >= 4 is 63.2 Å². The molecule has 0 spiro atoms. The fraction of sp³-hybridized carbons (Fsp3) is 0.256. The highest BCUT2D eigenvalue weighted by atomic mass is 32.2. The second-order valence-corrected chi connectivity index (χ2v) is 16.1. The van der Waals surface area contributed by atoms with Crippen LogP contribution in [0.15, 0.2) is 105 Å². The predicted molar refractivity (Wildman–Crippen MR) is 211 cm³/mol. The summed E-state index contributed by atoms with van der Waals surface area (Å²) in [4.78, 5) is 18.8. The van der Waals surface area contributed by atoms with Crippen LogP contribution in [0.2, 0.25) is 0 Å². The number of nitrogens with zero attached hydrogens (tertiary/aromatic N) is 3. The van der Waals surface area contributed by atoms with E-state index < -0.39 is 5.97 Å². The number of ether oxygens (including phenoxy) is 1. The molecule has 0 saturated carbocycles. The molecule has 0 unspecified atom stereocenters. The number of fused-ring (bicyclic) bond motifs is 4. The fourth-order valence-electron chi connectivity index (χ4n) is 8.44. The average Bonchev–Trinajstić information content (AvgIpc) is 3.81. The van der Waals surface area contributed by atoms with Crippen molar-refractivity contribution < 1.29 is 19.1 Å². The number of thioether (sulfide) groups is 2. The number of anilines is 3. The van der Waals surface area contributed by atoms with E-state index in [1.165, 1.54) is 38.0 Å². The van der Waals surface area contributed by atoms with E-state index in [2.05, 4.69) is 105 Å². The van der Waals surface area contributed by atoms with Gasteiger partial charge < -0.3 is 24.1 Å². The van der Waals surface area contributed by atoms with Gasteiger partial charge >= 0.3 is 5.97 Å². The first-order chi connectivity index (χ1) is 25.6. The Labute approximate surface area is 310 Å². The number of hydrogen-bond acceptors (Lipinski definition) is 7. The van der Waals surface area contributed by atoms with Crippen molar-refractivity contribution in [2.24, 2.45) is 0 Å². The van der Waals surface area contributed by atoms with Gasteiger partial charge in [-0.25, -0.2) is 0 Å². The molecule has 4 aromatic rings. The number of carboxylic acid groups (broad SMARTS) is 1. The van der Waals surface area contributed by atoms with E-state index >= 15 is 0 Å². The number of benzene rings is 5. The quantitative estimate of drug-likeness (QED) is 0.0996. The number of carboxylic acids is 1. The van der Waals surface area contributed by atoms with Gasteiger partial charge in [-0.3, -0.25) is 4.79 Å². The smallest absolute Gasteiger partial charge is 0.303 e. The Hall–Kier alpha value is -4.86. The van der Waals surface area contributed by atoms with Crippen LogP contribution < -0.4 is 24.5 Å². The monoisotopic (exact) mass is 724 g/mol. The summed E-state index contributed by atoms with van der Waals surface area (Å²) >= 11 is 3.78. The molecule has 10 rings (SSSR count). The lowest BCUT2D eigenvalue weighted by Gasteiger charge is -2.37. The van der Waals surface area contributed by atoms with Crippen molar-refractivity contribution in [3.63, 3.8) is 0 Å². The number of carbonyl (C=O) groups is 1. The molecule has 1 N–H and O–H groups in total. The summed E-state index contributed by atoms with van der Waals surface area (Å²) in [5.41, 5.74) is 11.6. The van der Waals surface area contributed by atoms with Crippen LogP contribution in [-0.4, -0.2) is 55.4 Å². The lowest BCUT2D eigenvalue weighted by atomic mass is 9.92. The molecule has 0 aromatic heterocycles. The van der Waals surface area contributed by atoms with Crippen LogP contribution in [0.25, 0.3) is 33.4 Å². The summed E-state index contributed by atoms with van der Waals surface area (Å²) in [7, 11) is 0. The highest BCUT2D eigenvalue weighted by Gasteiger charge is 2.33. The third kappa shape index (κ3) is 5.36. The van der Waals surface area contributed by atoms with Crippen molar-refractivity contribution in [2.45, 2.75) is 35.5 Å². The Kier molecular flexibility index (Phi) is 7.94. The Morgan fingerprint density at radius 3 is 2.62 bits per heavy atom. The number of aliphatic carboxylic acids is 1. The molecule has 0 saturated heterocycles. The maximum atomic E-state index is 11.5. The highest BCUT2D eigenvalue weighted by molar-refractivity contribution is 8.00. The molecule has 5 heterocycles. The zero-order valence-electron chi connectivity index (χ0n) is 28.8. The maximum absolute atomic E-state index is 11.5. The van der Waals surface area contributed by atoms with Gasteiger partial charge in [-0.15, -0.1) is 23.5 Å². The third-order valence-corrected chi connectivity index (χ3v) is 12.9. The molecule has 0 radical (unpaired) electrons. The molecular formula is C43H38N3O4S2+. The molecule has 52 heavy (non-hydrogen) atoms. The van der Waals surface area contributed by atoms with Gasteiger partial charge in [-0.05, 0) is 48.7 Å². The van der Waals surface area contributed by atoms with Gasteiger partial charge in [0.05, 0.1) is 23.3 Å². The average molecular weight is 725 g/mol. The van der Waals surface area contributed by atoms with Crippen molar-refractivity contribution in [2.75, 3.05) is 54.1 Å². The van der Waals surface area contributed by atoms with Gasteiger partial charge in [-0.1, -0.05) is 36.4 Å². The van der Waals surface area contributed by atoms with Crippen molar-refractivity contribution in [3.05, 3.63) is 107 Å². The van der Waals surface area contributed by atoms with E-state index in [0.717, 1.165) is 101 Å². The first-order valence-electron chi connectivity index (χ1n) is 18.2. The number of para-hydroxylation sites is 2. The minimum absolute atomic E-state index is 0.0750. The zero-order chi connectivity index (χ0) is 34.8. The summed E-state index contributed by atoms with van der Waals surface area (Å²) in [6.07, 6.45) is 2.55. The van der Waals surface area contributed by atoms with E-state index in [4.69, 9.17) is 9.15 Å². The Morgan fingerprint density at radius 1 is 0.865 bits per heavy atom. The zero-order valence-corrected chi connectivity index (χ0v) is 30.4. The molecule has 0 fully saturated rings. The SMILES string of the molecule is O=C(O)CCCOc1c(-c2c3ccc(=[N+]4CCc5ccccc54)cc-3oc3cc(N4CCc5ccccc54)ccc23)cc2c3c1SCCN3CCS2. The summed E-state index contributed by atoms with van der Waals surface area (Å²) < 4.78 is 16.1. The molecule has 7 nitrogen and oxygen atoms in total. The first kappa shape index (κ1) is 31.8. The van der Waals surface area contributed by atoms with Crippen LogP contribution in [0, 0.1) is 0 Å². The molecule has 260 valence electrons. The molecule has 6 aliphatic rings. The van der Waals surface area contributed by atoms with Crippen LogP contribution >= 0.6 is 23.5 Å². The van der Waals surface area contributed by atoms with Crippen molar-refractivity contribution in [1.29, 1.82) is 0 Å². The van der Waals surface area contributed by atoms with Gasteiger partial charge in [0.1, 0.15) is 17.1 Å². The molecular weight excluding hydrogens is 687 g/mol. The van der Waals surface area contributed by atoms with E-state index in [1.54, 1.807) is 0 Å². The van der Waals surface area contributed by atoms with Gasteiger partial charge in [0, 0.05) is 106 Å². The second kappa shape index (κ2) is 13.0. The van der Waals surface area contributed by atoms with Gasteiger partial charge in [-0.2, -0.15) is 4.58 Å². The molecule has 0 atom stereocenters. The summed E-state index contributed by atoms with van der Waals surface area (Å²) in [6.45, 7) is 4.23. The predicted octanol–water partition coefficient (Wildman–Crippen LogP) is 8.82. The van der Waals surface area contributed by atoms with Crippen LogP contribution in [-0.2, 0) is 17.6 Å². The normalized spacial score (nSPS) is 17.0. The Morgan fingerprint density at radius 2 is 1.71 bits per heavy atom. The largest absolute Gasteiger partial charge is 0.492 e. The lowest BCUT2D eigenvalue weighted by molar-refractivity contribution is -0.137. The van der Waals surface area contributed by atoms with Crippen LogP contribution in [0.4, 0.5) is 22.7 Å². The molecule has 0 bridgehead atoms. The van der Waals surface area contributed by atoms with Gasteiger partial charge in [0.2, 0.25) is 11.0 Å². The van der Waals surface area contributed by atoms with Crippen LogP contribution in [0.1, 0.15) is 24.0 Å². The molecule has 9 heteroatoms. The van der Waals surface area contributed by atoms with Gasteiger partial charge in [0.15, 0.2) is 6.54 Å². The Bertz CT molecular complexity index is 2450. The van der Waals surface area contributed by atoms with E-state index in [-0.39, 0.29) is 6.42 Å². The number of rotatable bonds is 7. The molecule has 0 amide bonds. The molecule has 1 aliphatic carbocycles. The standard InChI is InChI=1S/C43H37N3O4S2/c47-39(48)10-5-21-49-42-33(26-38-41-43(42)52-23-20-44(41)19-22-51-38)40-31-13-11-29(45-17-15-27-6-1-3-8-34(27)45)24-36(31)50-37-25-30(12-14-32(37)40)46-18-16-28-7-2-4-9-35(28)46/h1-4,6-9,11-14,24-26H,5,10,15-23H2/p+1. The topological polar surface area (TPSA) is 69.2 Å². The fourth-order valence-corrected chi connectivity index (χ4v) is 10.8. The van der Waals surface area contributed by atoms with Crippen molar-refractivity contribution in [3.8, 4) is 28.2 Å². The van der Waals surface area contributed by atoms with E-state index in [9.17, 15) is 9.90 Å².